The molecular weight excluding hydrogens is 304 g/mol. The standard InChI is InChI=1S/C12H26O5Si2.2CH4/c1-18(2,9-5-7-12(14)15)17-19(3,4)10-6-8-16-11-13;;/h11H,5-10H2,1-4H3,(H,14,15);2*1H4. The molecule has 0 fully saturated rings. The van der Waals surface area contributed by atoms with Gasteiger partial charge in [0.25, 0.3) is 6.47 Å². The molecule has 0 amide bonds. The van der Waals surface area contributed by atoms with E-state index in [1.165, 1.54) is 0 Å². The van der Waals surface area contributed by atoms with E-state index < -0.39 is 22.6 Å². The quantitative estimate of drug-likeness (QED) is 0.348. The van der Waals surface area contributed by atoms with E-state index in [2.05, 4.69) is 30.9 Å². The third kappa shape index (κ3) is 15.5. The molecule has 0 atom stereocenters. The molecule has 0 aliphatic rings. The molecule has 0 rings (SSSR count). The molecule has 1 N–H and O–H groups in total. The maximum Gasteiger partial charge on any atom is 0.303 e. The summed E-state index contributed by atoms with van der Waals surface area (Å²) in [5, 5.41) is 8.65. The monoisotopic (exact) mass is 338 g/mol. The first-order valence-corrected chi connectivity index (χ1v) is 12.9. The second kappa shape index (κ2) is 11.9. The molecule has 0 aromatic heterocycles. The minimum atomic E-state index is -1.79. The van der Waals surface area contributed by atoms with Crippen LogP contribution in [0.5, 0.6) is 0 Å². The molecule has 128 valence electrons. The molecule has 7 heteroatoms. The van der Waals surface area contributed by atoms with Gasteiger partial charge in [-0.15, -0.1) is 0 Å². The molecule has 0 aromatic rings. The topological polar surface area (TPSA) is 72.8 Å². The Bertz CT molecular complexity index is 293. The van der Waals surface area contributed by atoms with Gasteiger partial charge in [-0.05, 0) is 51.1 Å². The lowest BCUT2D eigenvalue weighted by Gasteiger charge is -2.34. The molecule has 0 aromatic carbocycles. The summed E-state index contributed by atoms with van der Waals surface area (Å²) in [4.78, 5) is 20.6. The van der Waals surface area contributed by atoms with Crippen LogP contribution in [0.25, 0.3) is 0 Å². The fourth-order valence-electron chi connectivity index (χ4n) is 2.14. The van der Waals surface area contributed by atoms with Crippen LogP contribution in [0.3, 0.4) is 0 Å². The van der Waals surface area contributed by atoms with Gasteiger partial charge in [0.1, 0.15) is 0 Å². The van der Waals surface area contributed by atoms with E-state index in [4.69, 9.17) is 9.22 Å². The summed E-state index contributed by atoms with van der Waals surface area (Å²) in [7, 11) is -3.53. The Hall–Kier alpha value is -0.666. The number of carboxylic acid groups (broad SMARTS) is 1. The number of rotatable bonds is 11. The van der Waals surface area contributed by atoms with E-state index in [0.717, 1.165) is 18.5 Å². The zero-order valence-electron chi connectivity index (χ0n) is 12.4. The van der Waals surface area contributed by atoms with E-state index in [0.29, 0.717) is 19.5 Å². The van der Waals surface area contributed by atoms with E-state index in [1.54, 1.807) is 0 Å². The van der Waals surface area contributed by atoms with Gasteiger partial charge in [0.2, 0.25) is 0 Å². The van der Waals surface area contributed by atoms with Gasteiger partial charge in [0.15, 0.2) is 16.6 Å². The number of hydrogen-bond acceptors (Lipinski definition) is 4. The van der Waals surface area contributed by atoms with Gasteiger partial charge >= 0.3 is 5.97 Å². The molecule has 0 radical (unpaired) electrons. The highest BCUT2D eigenvalue weighted by molar-refractivity contribution is 6.84. The second-order valence-corrected chi connectivity index (χ2v) is 14.8. The Morgan fingerprint density at radius 3 is 1.95 bits per heavy atom. The third-order valence-electron chi connectivity index (χ3n) is 2.83. The van der Waals surface area contributed by atoms with Crippen LogP contribution >= 0.6 is 0 Å². The lowest BCUT2D eigenvalue weighted by atomic mass is 10.3. The van der Waals surface area contributed by atoms with Crippen molar-refractivity contribution in [3.63, 3.8) is 0 Å². The average Bonchev–Trinajstić information content (AvgIpc) is 2.22. The fourth-order valence-corrected chi connectivity index (χ4v) is 11.0. The van der Waals surface area contributed by atoms with Gasteiger partial charge in [0, 0.05) is 6.42 Å². The minimum absolute atomic E-state index is 0. The zero-order valence-corrected chi connectivity index (χ0v) is 14.4. The van der Waals surface area contributed by atoms with E-state index in [1.807, 2.05) is 0 Å². The SMILES string of the molecule is C.C.C[Si](C)(CCCOC=O)O[Si](C)(C)CCCC(=O)O. The molecule has 0 heterocycles. The van der Waals surface area contributed by atoms with Crippen LogP contribution in [0.15, 0.2) is 0 Å². The molecular formula is C14H34O5Si2. The fraction of sp³-hybridized carbons (Fsp3) is 0.857. The van der Waals surface area contributed by atoms with Crippen molar-refractivity contribution in [1.82, 2.24) is 0 Å². The molecule has 0 unspecified atom stereocenters. The normalized spacial score (nSPS) is 11.0. The van der Waals surface area contributed by atoms with Crippen molar-refractivity contribution in [2.75, 3.05) is 6.61 Å². The average molecular weight is 339 g/mol. The number of carbonyl (C=O) groups is 2. The number of aliphatic carboxylic acids is 1. The highest BCUT2D eigenvalue weighted by Crippen LogP contribution is 2.24. The summed E-state index contributed by atoms with van der Waals surface area (Å²) < 4.78 is 11.0. The Morgan fingerprint density at radius 1 is 1.05 bits per heavy atom. The Morgan fingerprint density at radius 2 is 1.52 bits per heavy atom. The van der Waals surface area contributed by atoms with Crippen molar-refractivity contribution in [3.05, 3.63) is 0 Å². The van der Waals surface area contributed by atoms with Gasteiger partial charge in [0.05, 0.1) is 6.61 Å². The van der Waals surface area contributed by atoms with Crippen molar-refractivity contribution < 1.29 is 23.5 Å². The Kier molecular flexibility index (Phi) is 14.4. The van der Waals surface area contributed by atoms with Crippen molar-refractivity contribution in [2.24, 2.45) is 0 Å². The Balaban J connectivity index is -0.00000162. The van der Waals surface area contributed by atoms with Crippen LogP contribution in [0.2, 0.25) is 38.3 Å². The lowest BCUT2D eigenvalue weighted by Crippen LogP contribution is -2.44. The molecule has 0 aliphatic heterocycles. The van der Waals surface area contributed by atoms with E-state index >= 15 is 0 Å². The molecule has 0 aliphatic carbocycles. The van der Waals surface area contributed by atoms with E-state index in [9.17, 15) is 9.59 Å². The smallest absolute Gasteiger partial charge is 0.303 e. The highest BCUT2D eigenvalue weighted by Gasteiger charge is 2.32. The molecule has 0 saturated carbocycles. The number of ether oxygens (including phenoxy) is 1. The number of carbonyl (C=O) groups excluding carboxylic acids is 1. The molecule has 0 bridgehead atoms. The molecule has 0 spiro atoms. The number of carboxylic acids is 1. The molecule has 0 saturated heterocycles. The highest BCUT2D eigenvalue weighted by atomic mass is 28.4. The number of hydrogen-bond donors (Lipinski definition) is 1. The summed E-state index contributed by atoms with van der Waals surface area (Å²) in [6.45, 7) is 9.54. The maximum atomic E-state index is 10.5. The third-order valence-corrected chi connectivity index (χ3v) is 10.4. The van der Waals surface area contributed by atoms with Crippen LogP contribution in [-0.4, -0.2) is 40.8 Å². The predicted octanol–water partition coefficient (Wildman–Crippen LogP) is 4.11. The Labute approximate surface area is 132 Å². The van der Waals surface area contributed by atoms with Gasteiger partial charge < -0.3 is 14.0 Å². The van der Waals surface area contributed by atoms with Gasteiger partial charge in [-0.2, -0.15) is 0 Å². The largest absolute Gasteiger partial charge is 0.481 e. The van der Waals surface area contributed by atoms with Crippen LogP contribution in [0.1, 0.15) is 34.1 Å². The summed E-state index contributed by atoms with van der Waals surface area (Å²) in [5.74, 6) is -0.743. The van der Waals surface area contributed by atoms with Crippen molar-refractivity contribution in [2.45, 2.75) is 72.4 Å². The summed E-state index contributed by atoms with van der Waals surface area (Å²) in [6, 6.07) is 1.83. The van der Waals surface area contributed by atoms with E-state index in [-0.39, 0.29) is 21.3 Å². The summed E-state index contributed by atoms with van der Waals surface area (Å²) >= 11 is 0. The lowest BCUT2D eigenvalue weighted by molar-refractivity contribution is -0.137. The predicted molar refractivity (Wildman–Crippen MR) is 92.6 cm³/mol. The maximum absolute atomic E-state index is 10.5. The van der Waals surface area contributed by atoms with Crippen LogP contribution in [0, 0.1) is 0 Å². The van der Waals surface area contributed by atoms with Crippen molar-refractivity contribution in [3.8, 4) is 0 Å². The zero-order chi connectivity index (χ0) is 14.9. The van der Waals surface area contributed by atoms with Crippen LogP contribution < -0.4 is 0 Å². The van der Waals surface area contributed by atoms with Gasteiger partial charge in [-0.25, -0.2) is 0 Å². The van der Waals surface area contributed by atoms with Gasteiger partial charge in [-0.1, -0.05) is 14.9 Å². The van der Waals surface area contributed by atoms with Crippen LogP contribution in [-0.2, 0) is 18.4 Å². The van der Waals surface area contributed by atoms with Crippen LogP contribution in [0.4, 0.5) is 0 Å². The first-order chi connectivity index (χ1) is 8.68. The molecule has 5 nitrogen and oxygen atoms in total. The van der Waals surface area contributed by atoms with Gasteiger partial charge in [-0.3, -0.25) is 9.59 Å². The van der Waals surface area contributed by atoms with Crippen molar-refractivity contribution >= 4 is 29.1 Å². The molecule has 21 heavy (non-hydrogen) atoms. The first-order valence-electron chi connectivity index (χ1n) is 6.66. The summed E-state index contributed by atoms with van der Waals surface area (Å²) in [6.07, 6.45) is 1.74. The first kappa shape index (κ1) is 25.3. The second-order valence-electron chi connectivity index (χ2n) is 5.94. The van der Waals surface area contributed by atoms with Crippen molar-refractivity contribution in [1.29, 1.82) is 0 Å². The minimum Gasteiger partial charge on any atom is -0.481 e. The summed E-state index contributed by atoms with van der Waals surface area (Å²) in [5.41, 5.74) is 0.